The second-order valence-corrected chi connectivity index (χ2v) is 7.48. The van der Waals surface area contributed by atoms with E-state index in [-0.39, 0.29) is 11.8 Å². The van der Waals surface area contributed by atoms with Crippen LogP contribution in [0.5, 0.6) is 0 Å². The molecule has 6 heteroatoms. The van der Waals surface area contributed by atoms with Crippen molar-refractivity contribution in [3.05, 3.63) is 71.3 Å². The average molecular weight is 374 g/mol. The molecule has 142 valence electrons. The number of carbonyl (C=O) groups is 2. The number of hydrogen-bond acceptors (Lipinski definition) is 3. The third-order valence-corrected chi connectivity index (χ3v) is 5.75. The molecule has 4 heterocycles. The van der Waals surface area contributed by atoms with E-state index in [9.17, 15) is 9.59 Å². The maximum Gasteiger partial charge on any atom is 0.290 e. The molecular formula is C22H22N4O2. The minimum Gasteiger partial charge on any atom is -0.337 e. The first-order valence-corrected chi connectivity index (χ1v) is 9.85. The predicted molar refractivity (Wildman–Crippen MR) is 105 cm³/mol. The number of carbonyl (C=O) groups excluding carboxylic acids is 2. The number of rotatable bonds is 2. The molecule has 1 aromatic carbocycles. The smallest absolute Gasteiger partial charge is 0.290 e. The minimum atomic E-state index is -0.129. The summed E-state index contributed by atoms with van der Waals surface area (Å²) < 4.78 is 1.76. The van der Waals surface area contributed by atoms with E-state index in [0.29, 0.717) is 30.1 Å². The fourth-order valence-electron chi connectivity index (χ4n) is 4.23. The molecule has 3 aromatic rings. The molecule has 0 aliphatic carbocycles. The van der Waals surface area contributed by atoms with E-state index in [1.54, 1.807) is 4.40 Å². The fourth-order valence-corrected chi connectivity index (χ4v) is 4.23. The van der Waals surface area contributed by atoms with Gasteiger partial charge in [-0.2, -0.15) is 0 Å². The molecule has 0 atom stereocenters. The highest BCUT2D eigenvalue weighted by atomic mass is 16.2. The Morgan fingerprint density at radius 1 is 0.821 bits per heavy atom. The highest BCUT2D eigenvalue weighted by Crippen LogP contribution is 2.23. The van der Waals surface area contributed by atoms with Crippen LogP contribution in [-0.4, -0.2) is 50.6 Å². The Morgan fingerprint density at radius 3 is 2.39 bits per heavy atom. The number of likely N-dealkylation sites (tertiary alicyclic amines) is 1. The highest BCUT2D eigenvalue weighted by Gasteiger charge is 2.29. The Morgan fingerprint density at radius 2 is 1.57 bits per heavy atom. The topological polar surface area (TPSA) is 57.9 Å². The molecule has 1 fully saturated rings. The van der Waals surface area contributed by atoms with Gasteiger partial charge in [-0.15, -0.1) is 0 Å². The minimum absolute atomic E-state index is 0.0794. The van der Waals surface area contributed by atoms with Gasteiger partial charge in [0.2, 0.25) is 5.82 Å². The molecule has 0 bridgehead atoms. The molecule has 0 saturated carbocycles. The van der Waals surface area contributed by atoms with E-state index in [4.69, 9.17) is 0 Å². The molecule has 2 aliphatic heterocycles. The molecule has 0 radical (unpaired) electrons. The number of aromatic nitrogens is 2. The maximum atomic E-state index is 13.3. The zero-order chi connectivity index (χ0) is 19.1. The lowest BCUT2D eigenvalue weighted by Gasteiger charge is -2.28. The fraction of sp³-hybridized carbons (Fsp3) is 0.318. The molecule has 0 unspecified atom stereocenters. The standard InChI is InChI=1S/C22H22N4O2/c27-21(24-11-5-6-12-24)19-18-9-3-4-13-26(18)20(23-19)22(28)25-14-10-16-7-1-2-8-17(16)15-25/h1-4,7-9,13H,5-6,10-12,14-15H2. The van der Waals surface area contributed by atoms with Crippen LogP contribution >= 0.6 is 0 Å². The molecule has 2 aliphatic rings. The highest BCUT2D eigenvalue weighted by molar-refractivity contribution is 6.02. The SMILES string of the molecule is O=C(c1nc(C(=O)N2CCc3ccccc3C2)n2ccccc12)N1CCCC1. The van der Waals surface area contributed by atoms with Crippen LogP contribution in [0.15, 0.2) is 48.7 Å². The lowest BCUT2D eigenvalue weighted by Crippen LogP contribution is -2.37. The average Bonchev–Trinajstić information content (AvgIpc) is 3.41. The van der Waals surface area contributed by atoms with Crippen molar-refractivity contribution in [2.75, 3.05) is 19.6 Å². The normalized spacial score (nSPS) is 16.4. The van der Waals surface area contributed by atoms with E-state index in [1.165, 1.54) is 11.1 Å². The number of hydrogen-bond donors (Lipinski definition) is 0. The second kappa shape index (κ2) is 6.78. The summed E-state index contributed by atoms with van der Waals surface area (Å²) in [6, 6.07) is 13.8. The van der Waals surface area contributed by atoms with Crippen molar-refractivity contribution >= 4 is 17.3 Å². The Labute approximate surface area is 163 Å². The van der Waals surface area contributed by atoms with Gasteiger partial charge in [0.15, 0.2) is 5.69 Å². The summed E-state index contributed by atoms with van der Waals surface area (Å²) in [5, 5.41) is 0. The van der Waals surface area contributed by atoms with Crippen LogP contribution in [0.25, 0.3) is 5.52 Å². The summed E-state index contributed by atoms with van der Waals surface area (Å²) in [4.78, 5) is 34.5. The van der Waals surface area contributed by atoms with E-state index in [1.807, 2.05) is 46.3 Å². The largest absolute Gasteiger partial charge is 0.337 e. The van der Waals surface area contributed by atoms with Crippen molar-refractivity contribution in [3.8, 4) is 0 Å². The second-order valence-electron chi connectivity index (χ2n) is 7.48. The summed E-state index contributed by atoms with van der Waals surface area (Å²) in [6.45, 7) is 2.76. The summed E-state index contributed by atoms with van der Waals surface area (Å²) in [5.41, 5.74) is 3.55. The molecule has 0 N–H and O–H groups in total. The first kappa shape index (κ1) is 17.0. The van der Waals surface area contributed by atoms with Crippen LogP contribution in [0.4, 0.5) is 0 Å². The van der Waals surface area contributed by atoms with Crippen LogP contribution in [-0.2, 0) is 13.0 Å². The number of benzene rings is 1. The van der Waals surface area contributed by atoms with Gasteiger partial charge in [-0.25, -0.2) is 4.98 Å². The predicted octanol–water partition coefficient (Wildman–Crippen LogP) is 2.77. The lowest BCUT2D eigenvalue weighted by atomic mass is 10.00. The third kappa shape index (κ3) is 2.76. The monoisotopic (exact) mass is 374 g/mol. The van der Waals surface area contributed by atoms with Crippen molar-refractivity contribution in [1.82, 2.24) is 19.2 Å². The zero-order valence-electron chi connectivity index (χ0n) is 15.7. The van der Waals surface area contributed by atoms with E-state index in [2.05, 4.69) is 17.1 Å². The van der Waals surface area contributed by atoms with Gasteiger partial charge in [-0.05, 0) is 42.5 Å². The van der Waals surface area contributed by atoms with E-state index < -0.39 is 0 Å². The van der Waals surface area contributed by atoms with Crippen LogP contribution in [0.1, 0.15) is 45.1 Å². The van der Waals surface area contributed by atoms with Crippen LogP contribution in [0.2, 0.25) is 0 Å². The summed E-state index contributed by atoms with van der Waals surface area (Å²) in [7, 11) is 0. The molecule has 6 nitrogen and oxygen atoms in total. The Kier molecular flexibility index (Phi) is 4.11. The number of fused-ring (bicyclic) bond motifs is 2. The molecule has 2 amide bonds. The quantitative estimate of drug-likeness (QED) is 0.693. The van der Waals surface area contributed by atoms with Crippen molar-refractivity contribution in [3.63, 3.8) is 0 Å². The first-order valence-electron chi connectivity index (χ1n) is 9.85. The molecular weight excluding hydrogens is 352 g/mol. The van der Waals surface area contributed by atoms with Crippen molar-refractivity contribution in [1.29, 1.82) is 0 Å². The van der Waals surface area contributed by atoms with Gasteiger partial charge in [-0.1, -0.05) is 30.3 Å². The van der Waals surface area contributed by atoms with Gasteiger partial charge in [0.1, 0.15) is 0 Å². The van der Waals surface area contributed by atoms with Crippen LogP contribution < -0.4 is 0 Å². The molecule has 1 saturated heterocycles. The van der Waals surface area contributed by atoms with Gasteiger partial charge in [0.25, 0.3) is 11.8 Å². The Balaban J connectivity index is 1.51. The van der Waals surface area contributed by atoms with E-state index in [0.717, 1.165) is 32.4 Å². The summed E-state index contributed by atoms with van der Waals surface area (Å²) >= 11 is 0. The number of nitrogens with zero attached hydrogens (tertiary/aromatic N) is 4. The van der Waals surface area contributed by atoms with Crippen molar-refractivity contribution < 1.29 is 9.59 Å². The Bertz CT molecular complexity index is 1070. The zero-order valence-corrected chi connectivity index (χ0v) is 15.7. The lowest BCUT2D eigenvalue weighted by molar-refractivity contribution is 0.0721. The number of amides is 2. The third-order valence-electron chi connectivity index (χ3n) is 5.75. The van der Waals surface area contributed by atoms with Crippen LogP contribution in [0, 0.1) is 0 Å². The van der Waals surface area contributed by atoms with Gasteiger partial charge >= 0.3 is 0 Å². The van der Waals surface area contributed by atoms with Gasteiger partial charge in [-0.3, -0.25) is 14.0 Å². The Hall–Kier alpha value is -3.15. The molecule has 2 aromatic heterocycles. The molecule has 28 heavy (non-hydrogen) atoms. The van der Waals surface area contributed by atoms with Crippen molar-refractivity contribution in [2.24, 2.45) is 0 Å². The van der Waals surface area contributed by atoms with Gasteiger partial charge < -0.3 is 9.80 Å². The molecule has 5 rings (SSSR count). The van der Waals surface area contributed by atoms with E-state index >= 15 is 0 Å². The molecule has 0 spiro atoms. The van der Waals surface area contributed by atoms with Crippen LogP contribution in [0.3, 0.4) is 0 Å². The van der Waals surface area contributed by atoms with Gasteiger partial charge in [0.05, 0.1) is 5.52 Å². The maximum absolute atomic E-state index is 13.3. The summed E-state index contributed by atoms with van der Waals surface area (Å²) in [5.74, 6) is 0.109. The number of imidazole rings is 1. The number of pyridine rings is 1. The summed E-state index contributed by atoms with van der Waals surface area (Å²) in [6.07, 6.45) is 4.70. The van der Waals surface area contributed by atoms with Gasteiger partial charge in [0, 0.05) is 32.4 Å². The first-order chi connectivity index (χ1) is 13.7. The van der Waals surface area contributed by atoms with Crippen molar-refractivity contribution in [2.45, 2.75) is 25.8 Å².